The number of oxime groups is 1. The van der Waals surface area contributed by atoms with Crippen molar-refractivity contribution in [3.8, 4) is 0 Å². The van der Waals surface area contributed by atoms with Gasteiger partial charge >= 0.3 is 0 Å². The van der Waals surface area contributed by atoms with Crippen molar-refractivity contribution < 1.29 is 10.0 Å². The van der Waals surface area contributed by atoms with Crippen LogP contribution in [0.3, 0.4) is 0 Å². The average Bonchev–Trinajstić information content (AvgIpc) is 2.53. The van der Waals surface area contributed by atoms with Crippen LogP contribution in [0.4, 0.5) is 5.69 Å². The molecule has 0 atom stereocenters. The van der Waals surface area contributed by atoms with Gasteiger partial charge in [-0.25, -0.2) is 0 Å². The van der Waals surface area contributed by atoms with Gasteiger partial charge in [0, 0.05) is 11.1 Å². The predicted molar refractivity (Wildman–Crippen MR) is 89.1 cm³/mol. The third-order valence-electron chi connectivity index (χ3n) is 3.43. The minimum absolute atomic E-state index is 0.136. The van der Waals surface area contributed by atoms with Crippen LogP contribution in [0.1, 0.15) is 22.3 Å². The van der Waals surface area contributed by atoms with E-state index >= 15 is 0 Å². The van der Waals surface area contributed by atoms with Crippen LogP contribution in [0.2, 0.25) is 0 Å². The molecular weight excluding hydrogens is 300 g/mol. The molecule has 0 fully saturated rings. The van der Waals surface area contributed by atoms with Gasteiger partial charge < -0.3 is 10.5 Å². The van der Waals surface area contributed by atoms with Crippen LogP contribution < -0.4 is 5.32 Å². The first-order valence-electron chi connectivity index (χ1n) is 6.81. The smallest absolute Gasteiger partial charge is 0.239 e. The Labute approximate surface area is 134 Å². The highest BCUT2D eigenvalue weighted by Gasteiger charge is 2.15. The second kappa shape index (κ2) is 7.09. The summed E-state index contributed by atoms with van der Waals surface area (Å²) < 4.78 is 0. The molecule has 2 N–H and O–H groups in total. The van der Waals surface area contributed by atoms with E-state index in [1.807, 2.05) is 56.3 Å². The zero-order chi connectivity index (χ0) is 16.1. The summed E-state index contributed by atoms with van der Waals surface area (Å²) >= 11 is 5.56. The van der Waals surface area contributed by atoms with E-state index in [0.717, 1.165) is 16.7 Å². The standard InChI is InChI=1S/C17H17ClN2O2/c1-11-8-14(15(9-12(11)2)19-16(21)10-18)17(20-22)13-6-4-3-5-7-13/h3-9,22H,10H2,1-2H3,(H,19,21). The molecule has 2 aromatic rings. The highest BCUT2D eigenvalue weighted by atomic mass is 35.5. The molecule has 0 saturated heterocycles. The summed E-state index contributed by atoms with van der Waals surface area (Å²) in [7, 11) is 0. The van der Waals surface area contributed by atoms with Crippen molar-refractivity contribution >= 4 is 28.9 Å². The van der Waals surface area contributed by atoms with Crippen molar-refractivity contribution in [2.24, 2.45) is 5.16 Å². The lowest BCUT2D eigenvalue weighted by atomic mass is 9.96. The maximum Gasteiger partial charge on any atom is 0.239 e. The average molecular weight is 317 g/mol. The van der Waals surface area contributed by atoms with Crippen LogP contribution in [0.15, 0.2) is 47.6 Å². The van der Waals surface area contributed by atoms with Gasteiger partial charge in [-0.1, -0.05) is 35.5 Å². The van der Waals surface area contributed by atoms with Gasteiger partial charge in [0.05, 0.1) is 5.69 Å². The Morgan fingerprint density at radius 1 is 1.18 bits per heavy atom. The van der Waals surface area contributed by atoms with Gasteiger partial charge in [-0.3, -0.25) is 4.79 Å². The van der Waals surface area contributed by atoms with Gasteiger partial charge in [-0.05, 0) is 37.1 Å². The normalized spacial score (nSPS) is 11.3. The maximum absolute atomic E-state index is 11.6. The van der Waals surface area contributed by atoms with Crippen LogP contribution in [-0.2, 0) is 4.79 Å². The van der Waals surface area contributed by atoms with Crippen molar-refractivity contribution in [1.82, 2.24) is 0 Å². The topological polar surface area (TPSA) is 61.7 Å². The fourth-order valence-electron chi connectivity index (χ4n) is 2.16. The van der Waals surface area contributed by atoms with Gasteiger partial charge in [0.15, 0.2) is 0 Å². The summed E-state index contributed by atoms with van der Waals surface area (Å²) in [5.41, 5.74) is 4.44. The second-order valence-corrected chi connectivity index (χ2v) is 5.25. The van der Waals surface area contributed by atoms with E-state index in [1.165, 1.54) is 0 Å². The molecule has 2 aromatic carbocycles. The fraction of sp³-hybridized carbons (Fsp3) is 0.176. The molecule has 0 bridgehead atoms. The number of carbonyl (C=O) groups is 1. The number of alkyl halides is 1. The summed E-state index contributed by atoms with van der Waals surface area (Å²) in [4.78, 5) is 11.6. The molecule has 0 unspecified atom stereocenters. The number of nitrogens with zero attached hydrogens (tertiary/aromatic N) is 1. The molecule has 0 aromatic heterocycles. The quantitative estimate of drug-likeness (QED) is 0.391. The van der Waals surface area contributed by atoms with Gasteiger partial charge in [0.25, 0.3) is 0 Å². The van der Waals surface area contributed by atoms with Gasteiger partial charge in [0.1, 0.15) is 11.6 Å². The van der Waals surface area contributed by atoms with Crippen molar-refractivity contribution in [3.63, 3.8) is 0 Å². The van der Waals surface area contributed by atoms with E-state index in [9.17, 15) is 10.0 Å². The van der Waals surface area contributed by atoms with Crippen LogP contribution in [-0.4, -0.2) is 22.7 Å². The number of benzene rings is 2. The Balaban J connectivity index is 2.57. The molecule has 0 aliphatic rings. The predicted octanol–water partition coefficient (Wildman–Crippen LogP) is 3.71. The number of anilines is 1. The molecule has 4 nitrogen and oxygen atoms in total. The Hall–Kier alpha value is -2.33. The highest BCUT2D eigenvalue weighted by molar-refractivity contribution is 6.29. The molecule has 0 aliphatic carbocycles. The minimum Gasteiger partial charge on any atom is -0.410 e. The first-order chi connectivity index (χ1) is 10.6. The molecule has 0 aliphatic heterocycles. The molecule has 0 saturated carbocycles. The minimum atomic E-state index is -0.309. The van der Waals surface area contributed by atoms with Gasteiger partial charge in [0.2, 0.25) is 5.91 Å². The van der Waals surface area contributed by atoms with Crippen molar-refractivity contribution in [3.05, 3.63) is 64.7 Å². The van der Waals surface area contributed by atoms with Gasteiger partial charge in [-0.2, -0.15) is 0 Å². The number of halogens is 1. The summed E-state index contributed by atoms with van der Waals surface area (Å²) in [5, 5.41) is 15.6. The fourth-order valence-corrected chi connectivity index (χ4v) is 2.23. The maximum atomic E-state index is 11.6. The summed E-state index contributed by atoms with van der Waals surface area (Å²) in [6, 6.07) is 13.0. The van der Waals surface area contributed by atoms with Crippen LogP contribution in [0.5, 0.6) is 0 Å². The third-order valence-corrected chi connectivity index (χ3v) is 3.67. The first kappa shape index (κ1) is 16.0. The van der Waals surface area contributed by atoms with Crippen molar-refractivity contribution in [1.29, 1.82) is 0 Å². The summed E-state index contributed by atoms with van der Waals surface area (Å²) in [6.07, 6.45) is 0. The molecule has 0 heterocycles. The Bertz CT molecular complexity index is 712. The largest absolute Gasteiger partial charge is 0.410 e. The van der Waals surface area contributed by atoms with Crippen LogP contribution >= 0.6 is 11.6 Å². The molecule has 2 rings (SSSR count). The highest BCUT2D eigenvalue weighted by Crippen LogP contribution is 2.24. The number of amides is 1. The third kappa shape index (κ3) is 3.46. The number of carbonyl (C=O) groups excluding carboxylic acids is 1. The number of hydrogen-bond donors (Lipinski definition) is 2. The molecule has 0 spiro atoms. The number of aryl methyl sites for hydroxylation is 2. The van der Waals surface area contributed by atoms with Gasteiger partial charge in [-0.15, -0.1) is 11.6 Å². The summed E-state index contributed by atoms with van der Waals surface area (Å²) in [5.74, 6) is -0.444. The molecule has 0 radical (unpaired) electrons. The monoisotopic (exact) mass is 316 g/mol. The Morgan fingerprint density at radius 2 is 1.82 bits per heavy atom. The van der Waals surface area contributed by atoms with E-state index in [0.29, 0.717) is 17.0 Å². The van der Waals surface area contributed by atoms with E-state index in [1.54, 1.807) is 0 Å². The molecular formula is C17H17ClN2O2. The van der Waals surface area contributed by atoms with E-state index in [2.05, 4.69) is 10.5 Å². The summed E-state index contributed by atoms with van der Waals surface area (Å²) in [6.45, 7) is 3.92. The lowest BCUT2D eigenvalue weighted by Gasteiger charge is -2.15. The van der Waals surface area contributed by atoms with Crippen LogP contribution in [0.25, 0.3) is 0 Å². The molecule has 1 amide bonds. The Kier molecular flexibility index (Phi) is 5.17. The zero-order valence-corrected chi connectivity index (χ0v) is 13.2. The lowest BCUT2D eigenvalue weighted by Crippen LogP contribution is -2.17. The number of hydrogen-bond acceptors (Lipinski definition) is 3. The molecule has 114 valence electrons. The van der Waals surface area contributed by atoms with E-state index in [4.69, 9.17) is 11.6 Å². The number of nitrogens with one attached hydrogen (secondary N) is 1. The SMILES string of the molecule is Cc1cc(NC(=O)CCl)c(C(=NO)c2ccccc2)cc1C. The van der Waals surface area contributed by atoms with E-state index < -0.39 is 0 Å². The Morgan fingerprint density at radius 3 is 2.41 bits per heavy atom. The van der Waals surface area contributed by atoms with Crippen LogP contribution in [0, 0.1) is 13.8 Å². The van der Waals surface area contributed by atoms with E-state index in [-0.39, 0.29) is 11.8 Å². The first-order valence-corrected chi connectivity index (χ1v) is 7.35. The van der Waals surface area contributed by atoms with Crippen molar-refractivity contribution in [2.75, 3.05) is 11.2 Å². The number of rotatable bonds is 4. The second-order valence-electron chi connectivity index (χ2n) is 4.98. The molecule has 5 heteroatoms. The zero-order valence-electron chi connectivity index (χ0n) is 12.4. The lowest BCUT2D eigenvalue weighted by molar-refractivity contribution is -0.113. The van der Waals surface area contributed by atoms with Crippen molar-refractivity contribution in [2.45, 2.75) is 13.8 Å². The molecule has 22 heavy (non-hydrogen) atoms.